The molecule has 152 valence electrons. The first-order chi connectivity index (χ1) is 14.5. The minimum absolute atomic E-state index is 0.154. The number of carbonyl (C=O) groups excluding carboxylic acids is 1. The van der Waals surface area contributed by atoms with Crippen LogP contribution in [0.3, 0.4) is 0 Å². The Morgan fingerprint density at radius 1 is 1.10 bits per heavy atom. The van der Waals surface area contributed by atoms with Gasteiger partial charge in [0.1, 0.15) is 17.1 Å². The van der Waals surface area contributed by atoms with Crippen LogP contribution in [0.4, 0.5) is 4.39 Å². The summed E-state index contributed by atoms with van der Waals surface area (Å²) in [5, 5.41) is 2.77. The van der Waals surface area contributed by atoms with Gasteiger partial charge in [-0.3, -0.25) is 4.79 Å². The monoisotopic (exact) mass is 404 g/mol. The van der Waals surface area contributed by atoms with E-state index in [1.807, 2.05) is 50.2 Å². The maximum atomic E-state index is 13.0. The van der Waals surface area contributed by atoms with E-state index in [9.17, 15) is 9.18 Å². The molecule has 5 nitrogen and oxygen atoms in total. The minimum atomic E-state index is -0.310. The molecule has 0 saturated heterocycles. The summed E-state index contributed by atoms with van der Waals surface area (Å²) >= 11 is 0. The van der Waals surface area contributed by atoms with Gasteiger partial charge in [0, 0.05) is 6.54 Å². The van der Waals surface area contributed by atoms with E-state index in [2.05, 4.69) is 10.3 Å². The highest BCUT2D eigenvalue weighted by Gasteiger charge is 2.16. The fourth-order valence-corrected chi connectivity index (χ4v) is 3.16. The van der Waals surface area contributed by atoms with Crippen molar-refractivity contribution >= 4 is 17.0 Å². The lowest BCUT2D eigenvalue weighted by Crippen LogP contribution is -2.28. The van der Waals surface area contributed by atoms with Gasteiger partial charge in [0.15, 0.2) is 12.2 Å². The molecule has 0 aliphatic heterocycles. The first kappa shape index (κ1) is 19.6. The molecule has 0 saturated carbocycles. The zero-order valence-electron chi connectivity index (χ0n) is 16.7. The van der Waals surface area contributed by atoms with Gasteiger partial charge in [0.05, 0.1) is 5.56 Å². The van der Waals surface area contributed by atoms with Crippen molar-refractivity contribution in [3.63, 3.8) is 0 Å². The maximum absolute atomic E-state index is 13.0. The Hall–Kier alpha value is -3.67. The van der Waals surface area contributed by atoms with Gasteiger partial charge in [0.2, 0.25) is 5.89 Å². The van der Waals surface area contributed by atoms with Gasteiger partial charge in [-0.2, -0.15) is 0 Å². The third-order valence-electron chi connectivity index (χ3n) is 4.74. The van der Waals surface area contributed by atoms with Crippen molar-refractivity contribution in [3.8, 4) is 17.2 Å². The minimum Gasteiger partial charge on any atom is -0.483 e. The van der Waals surface area contributed by atoms with Crippen molar-refractivity contribution in [2.45, 2.75) is 20.4 Å². The second kappa shape index (κ2) is 8.37. The number of amides is 1. The summed E-state index contributed by atoms with van der Waals surface area (Å²) in [7, 11) is 0. The second-order valence-corrected chi connectivity index (χ2v) is 7.13. The molecule has 1 amide bonds. The molecule has 0 bridgehead atoms. The molecule has 6 heteroatoms. The van der Waals surface area contributed by atoms with Crippen LogP contribution in [0.2, 0.25) is 0 Å². The fraction of sp³-hybridized carbons (Fsp3) is 0.167. The number of ether oxygens (including phenoxy) is 1. The predicted octanol–water partition coefficient (Wildman–Crippen LogP) is 4.95. The van der Waals surface area contributed by atoms with Crippen LogP contribution >= 0.6 is 0 Å². The van der Waals surface area contributed by atoms with E-state index < -0.39 is 0 Å². The lowest BCUT2D eigenvalue weighted by Gasteiger charge is -2.12. The summed E-state index contributed by atoms with van der Waals surface area (Å²) in [5.74, 6) is 0.412. The Morgan fingerprint density at radius 3 is 2.70 bits per heavy atom. The molecule has 0 fully saturated rings. The number of aryl methyl sites for hydroxylation is 2. The van der Waals surface area contributed by atoms with Crippen LogP contribution in [-0.2, 0) is 11.3 Å². The summed E-state index contributed by atoms with van der Waals surface area (Å²) in [6.45, 7) is 4.05. The predicted molar refractivity (Wildman–Crippen MR) is 113 cm³/mol. The summed E-state index contributed by atoms with van der Waals surface area (Å²) in [6.07, 6.45) is 0. The third kappa shape index (κ3) is 4.33. The zero-order chi connectivity index (χ0) is 21.1. The van der Waals surface area contributed by atoms with Crippen LogP contribution in [0, 0.1) is 19.7 Å². The van der Waals surface area contributed by atoms with E-state index in [0.717, 1.165) is 22.2 Å². The van der Waals surface area contributed by atoms with Crippen molar-refractivity contribution in [3.05, 3.63) is 83.2 Å². The lowest BCUT2D eigenvalue weighted by molar-refractivity contribution is -0.123. The van der Waals surface area contributed by atoms with Crippen LogP contribution in [0.25, 0.3) is 22.6 Å². The van der Waals surface area contributed by atoms with Gasteiger partial charge in [-0.05, 0) is 60.9 Å². The average molecular weight is 404 g/mol. The van der Waals surface area contributed by atoms with Crippen molar-refractivity contribution in [1.29, 1.82) is 0 Å². The number of hydrogen-bond donors (Lipinski definition) is 1. The molecule has 0 atom stereocenters. The van der Waals surface area contributed by atoms with Gasteiger partial charge in [-0.15, -0.1) is 0 Å². The third-order valence-corrected chi connectivity index (χ3v) is 4.74. The molecule has 4 aromatic rings. The van der Waals surface area contributed by atoms with Crippen molar-refractivity contribution in [2.75, 3.05) is 6.61 Å². The molecular weight excluding hydrogens is 383 g/mol. The molecule has 1 aromatic heterocycles. The molecular formula is C24H21FN2O3. The topological polar surface area (TPSA) is 64.4 Å². The molecule has 1 N–H and O–H groups in total. The van der Waals surface area contributed by atoms with Gasteiger partial charge < -0.3 is 14.5 Å². The molecule has 0 radical (unpaired) electrons. The summed E-state index contributed by atoms with van der Waals surface area (Å²) < 4.78 is 24.7. The Balaban J connectivity index is 1.48. The number of hydrogen-bond acceptors (Lipinski definition) is 4. The number of carbonyl (C=O) groups is 1. The number of rotatable bonds is 6. The van der Waals surface area contributed by atoms with Gasteiger partial charge in [0.25, 0.3) is 5.91 Å². The standard InChI is InChI=1S/C24H21FN2O3/c1-15-6-11-21-20(12-15)27-24(30-21)19-5-3-4-16(2)23(19)29-14-22(28)26-13-17-7-9-18(25)10-8-17/h3-12H,13-14H2,1-2H3,(H,26,28). The number of fused-ring (bicyclic) bond motifs is 1. The number of nitrogens with zero attached hydrogens (tertiary/aromatic N) is 1. The Labute approximate surface area is 173 Å². The fourth-order valence-electron chi connectivity index (χ4n) is 3.16. The van der Waals surface area contributed by atoms with Crippen LogP contribution in [0.1, 0.15) is 16.7 Å². The Kier molecular flexibility index (Phi) is 5.48. The highest BCUT2D eigenvalue weighted by Crippen LogP contribution is 2.34. The van der Waals surface area contributed by atoms with E-state index in [1.165, 1.54) is 12.1 Å². The van der Waals surface area contributed by atoms with E-state index in [4.69, 9.17) is 9.15 Å². The Morgan fingerprint density at radius 2 is 1.90 bits per heavy atom. The maximum Gasteiger partial charge on any atom is 0.258 e. The highest BCUT2D eigenvalue weighted by molar-refractivity contribution is 5.80. The van der Waals surface area contributed by atoms with E-state index in [-0.39, 0.29) is 18.3 Å². The number of oxazole rings is 1. The number of halogens is 1. The van der Waals surface area contributed by atoms with Crippen LogP contribution in [0.15, 0.2) is 65.1 Å². The van der Waals surface area contributed by atoms with E-state index in [1.54, 1.807) is 12.1 Å². The first-order valence-electron chi connectivity index (χ1n) is 9.61. The molecule has 0 aliphatic carbocycles. The number of para-hydroxylation sites is 1. The molecule has 30 heavy (non-hydrogen) atoms. The smallest absolute Gasteiger partial charge is 0.258 e. The summed E-state index contributed by atoms with van der Waals surface area (Å²) in [4.78, 5) is 16.8. The van der Waals surface area contributed by atoms with Gasteiger partial charge >= 0.3 is 0 Å². The van der Waals surface area contributed by atoms with Crippen molar-refractivity contribution in [2.24, 2.45) is 0 Å². The molecule has 0 aliphatic rings. The van der Waals surface area contributed by atoms with E-state index >= 15 is 0 Å². The zero-order valence-corrected chi connectivity index (χ0v) is 16.7. The largest absolute Gasteiger partial charge is 0.483 e. The molecule has 4 rings (SSSR count). The van der Waals surface area contributed by atoms with E-state index in [0.29, 0.717) is 29.3 Å². The first-order valence-corrected chi connectivity index (χ1v) is 9.61. The van der Waals surface area contributed by atoms with Crippen molar-refractivity contribution in [1.82, 2.24) is 10.3 Å². The highest BCUT2D eigenvalue weighted by atomic mass is 19.1. The molecule has 0 spiro atoms. The van der Waals surface area contributed by atoms with Crippen LogP contribution < -0.4 is 10.1 Å². The summed E-state index contributed by atoms with van der Waals surface area (Å²) in [6, 6.07) is 17.5. The molecule has 1 heterocycles. The van der Waals surface area contributed by atoms with Crippen LogP contribution in [-0.4, -0.2) is 17.5 Å². The second-order valence-electron chi connectivity index (χ2n) is 7.13. The normalized spacial score (nSPS) is 10.9. The number of nitrogens with one attached hydrogen (secondary N) is 1. The molecule has 0 unspecified atom stereocenters. The summed E-state index contributed by atoms with van der Waals surface area (Å²) in [5.41, 5.74) is 4.94. The van der Waals surface area contributed by atoms with Crippen molar-refractivity contribution < 1.29 is 18.3 Å². The Bertz CT molecular complexity index is 1200. The number of aromatic nitrogens is 1. The molecule has 3 aromatic carbocycles. The average Bonchev–Trinajstić information content (AvgIpc) is 3.15. The quantitative estimate of drug-likeness (QED) is 0.494. The SMILES string of the molecule is Cc1ccc2oc(-c3cccc(C)c3OCC(=O)NCc3ccc(F)cc3)nc2c1. The number of benzene rings is 3. The lowest BCUT2D eigenvalue weighted by atomic mass is 10.1. The van der Waals surface area contributed by atoms with Crippen LogP contribution in [0.5, 0.6) is 5.75 Å². The van der Waals surface area contributed by atoms with Gasteiger partial charge in [-0.25, -0.2) is 9.37 Å². The van der Waals surface area contributed by atoms with Gasteiger partial charge in [-0.1, -0.05) is 30.3 Å².